The van der Waals surface area contributed by atoms with Crippen LogP contribution in [0.15, 0.2) is 22.8 Å². The molecular weight excluding hydrogens is 284 g/mol. The van der Waals surface area contributed by atoms with Gasteiger partial charge in [-0.2, -0.15) is 0 Å². The predicted octanol–water partition coefficient (Wildman–Crippen LogP) is 5.44. The van der Waals surface area contributed by atoms with E-state index in [2.05, 4.69) is 33.8 Å². The van der Waals surface area contributed by atoms with Crippen LogP contribution in [0.3, 0.4) is 0 Å². The van der Waals surface area contributed by atoms with Gasteiger partial charge in [0.15, 0.2) is 0 Å². The topological polar surface area (TPSA) is 26.3 Å². The number of allylic oxidation sites excluding steroid dienone is 4. The summed E-state index contributed by atoms with van der Waals surface area (Å²) in [5, 5.41) is 0. The molecule has 23 heavy (non-hydrogen) atoms. The molecule has 0 aromatic carbocycles. The highest BCUT2D eigenvalue weighted by atomic mass is 16.5. The summed E-state index contributed by atoms with van der Waals surface area (Å²) in [4.78, 5) is 12.5. The van der Waals surface area contributed by atoms with E-state index >= 15 is 0 Å². The van der Waals surface area contributed by atoms with Crippen molar-refractivity contribution < 1.29 is 9.53 Å². The molecule has 2 heteroatoms. The van der Waals surface area contributed by atoms with E-state index in [1.165, 1.54) is 24.8 Å². The molecular formula is C21H32O2. The van der Waals surface area contributed by atoms with Gasteiger partial charge in [-0.25, -0.2) is 0 Å². The highest BCUT2D eigenvalue weighted by molar-refractivity contribution is 5.77. The van der Waals surface area contributed by atoms with Crippen LogP contribution in [0.5, 0.6) is 0 Å². The SMILES string of the molecule is COC(=O)[C@]1(C)CCC[C@@]2(C)[C@@H]3CCC(=C(C)C)C=C3CC[C@H]21. The number of hydrogen-bond acceptors (Lipinski definition) is 2. The quantitative estimate of drug-likeness (QED) is 0.602. The van der Waals surface area contributed by atoms with Crippen molar-refractivity contribution in [3.8, 4) is 0 Å². The summed E-state index contributed by atoms with van der Waals surface area (Å²) in [5.74, 6) is 1.14. The second-order valence-corrected chi connectivity index (χ2v) is 8.70. The zero-order valence-electron chi connectivity index (χ0n) is 15.5. The van der Waals surface area contributed by atoms with Crippen molar-refractivity contribution in [3.05, 3.63) is 22.8 Å². The minimum Gasteiger partial charge on any atom is -0.469 e. The van der Waals surface area contributed by atoms with Gasteiger partial charge in [0.05, 0.1) is 12.5 Å². The fourth-order valence-corrected chi connectivity index (χ4v) is 6.04. The number of carbonyl (C=O) groups excluding carboxylic acids is 1. The lowest BCUT2D eigenvalue weighted by atomic mass is 9.46. The van der Waals surface area contributed by atoms with Crippen molar-refractivity contribution in [2.24, 2.45) is 22.7 Å². The fraction of sp³-hybridized carbons (Fsp3) is 0.762. The molecule has 0 saturated heterocycles. The van der Waals surface area contributed by atoms with E-state index in [-0.39, 0.29) is 16.8 Å². The van der Waals surface area contributed by atoms with Gasteiger partial charge in [-0.15, -0.1) is 0 Å². The zero-order chi connectivity index (χ0) is 16.8. The molecule has 128 valence electrons. The molecule has 2 fully saturated rings. The van der Waals surface area contributed by atoms with Crippen LogP contribution in [-0.4, -0.2) is 13.1 Å². The molecule has 0 amide bonds. The Morgan fingerprint density at radius 1 is 1.17 bits per heavy atom. The largest absolute Gasteiger partial charge is 0.469 e. The maximum absolute atomic E-state index is 12.5. The second kappa shape index (κ2) is 5.79. The van der Waals surface area contributed by atoms with Gasteiger partial charge in [0.25, 0.3) is 0 Å². The van der Waals surface area contributed by atoms with Gasteiger partial charge in [0.1, 0.15) is 0 Å². The van der Waals surface area contributed by atoms with E-state index in [4.69, 9.17) is 4.74 Å². The second-order valence-electron chi connectivity index (χ2n) is 8.70. The van der Waals surface area contributed by atoms with Crippen LogP contribution in [0, 0.1) is 22.7 Å². The third-order valence-corrected chi connectivity index (χ3v) is 7.30. The van der Waals surface area contributed by atoms with Gasteiger partial charge in [0.2, 0.25) is 0 Å². The molecule has 0 heterocycles. The van der Waals surface area contributed by atoms with Crippen LogP contribution in [0.1, 0.15) is 72.6 Å². The van der Waals surface area contributed by atoms with Gasteiger partial charge in [0, 0.05) is 0 Å². The van der Waals surface area contributed by atoms with Gasteiger partial charge < -0.3 is 4.74 Å². The van der Waals surface area contributed by atoms with Crippen molar-refractivity contribution in [2.45, 2.75) is 72.6 Å². The first-order chi connectivity index (χ1) is 10.8. The Morgan fingerprint density at radius 2 is 1.91 bits per heavy atom. The lowest BCUT2D eigenvalue weighted by Crippen LogP contribution is -2.54. The minimum absolute atomic E-state index is 0.0154. The number of methoxy groups -OCH3 is 1. The lowest BCUT2D eigenvalue weighted by molar-refractivity contribution is -0.168. The third kappa shape index (κ3) is 2.49. The van der Waals surface area contributed by atoms with E-state index in [0.29, 0.717) is 11.8 Å². The average molecular weight is 316 g/mol. The molecule has 4 atom stereocenters. The summed E-state index contributed by atoms with van der Waals surface area (Å²) >= 11 is 0. The highest BCUT2D eigenvalue weighted by Gasteiger charge is 2.58. The van der Waals surface area contributed by atoms with Crippen LogP contribution in [0.4, 0.5) is 0 Å². The summed E-state index contributed by atoms with van der Waals surface area (Å²) < 4.78 is 5.21. The Hall–Kier alpha value is -1.05. The molecule has 2 saturated carbocycles. The maximum atomic E-state index is 12.5. The fourth-order valence-electron chi connectivity index (χ4n) is 6.04. The molecule has 0 bridgehead atoms. The number of hydrogen-bond donors (Lipinski definition) is 0. The van der Waals surface area contributed by atoms with Crippen LogP contribution in [0.25, 0.3) is 0 Å². The number of fused-ring (bicyclic) bond motifs is 3. The predicted molar refractivity (Wildman–Crippen MR) is 94.0 cm³/mol. The smallest absolute Gasteiger partial charge is 0.311 e. The van der Waals surface area contributed by atoms with Gasteiger partial charge in [-0.3, -0.25) is 4.79 Å². The van der Waals surface area contributed by atoms with Crippen molar-refractivity contribution in [2.75, 3.05) is 7.11 Å². The first-order valence-corrected chi connectivity index (χ1v) is 9.28. The number of esters is 1. The Kier molecular flexibility index (Phi) is 4.23. The van der Waals surface area contributed by atoms with Crippen LogP contribution in [-0.2, 0) is 9.53 Å². The molecule has 0 radical (unpaired) electrons. The standard InChI is InChI=1S/C21H32O2/c1-14(2)15-7-9-17-16(13-15)8-10-18-20(17,3)11-6-12-21(18,4)19(22)23-5/h13,17-18H,6-12H2,1-5H3/t17-,18-,20+,21-/m1/s1. The maximum Gasteiger partial charge on any atom is 0.311 e. The summed E-state index contributed by atoms with van der Waals surface area (Å²) in [5.41, 5.74) is 4.64. The van der Waals surface area contributed by atoms with Crippen molar-refractivity contribution in [1.29, 1.82) is 0 Å². The van der Waals surface area contributed by atoms with Crippen molar-refractivity contribution in [1.82, 2.24) is 0 Å². The lowest BCUT2D eigenvalue weighted by Gasteiger charge is -2.58. The van der Waals surface area contributed by atoms with Crippen LogP contribution < -0.4 is 0 Å². The minimum atomic E-state index is -0.288. The number of carbonyl (C=O) groups is 1. The number of rotatable bonds is 1. The van der Waals surface area contributed by atoms with E-state index in [1.807, 2.05) is 0 Å². The molecule has 0 unspecified atom stereocenters. The third-order valence-electron chi connectivity index (χ3n) is 7.30. The van der Waals surface area contributed by atoms with E-state index < -0.39 is 0 Å². The molecule has 0 spiro atoms. The monoisotopic (exact) mass is 316 g/mol. The average Bonchev–Trinajstić information content (AvgIpc) is 2.53. The van der Waals surface area contributed by atoms with Crippen LogP contribution >= 0.6 is 0 Å². The molecule has 2 nitrogen and oxygen atoms in total. The molecule has 0 aliphatic heterocycles. The zero-order valence-corrected chi connectivity index (χ0v) is 15.5. The van der Waals surface area contributed by atoms with Gasteiger partial charge in [-0.1, -0.05) is 30.6 Å². The van der Waals surface area contributed by atoms with Crippen molar-refractivity contribution >= 4 is 5.97 Å². The summed E-state index contributed by atoms with van der Waals surface area (Å²) in [6.07, 6.45) is 10.7. The first kappa shape index (κ1) is 16.8. The number of ether oxygens (including phenoxy) is 1. The Morgan fingerprint density at radius 3 is 2.57 bits per heavy atom. The normalized spacial score (nSPS) is 39.9. The van der Waals surface area contributed by atoms with E-state index in [9.17, 15) is 4.79 Å². The highest BCUT2D eigenvalue weighted by Crippen LogP contribution is 2.63. The van der Waals surface area contributed by atoms with Crippen molar-refractivity contribution in [3.63, 3.8) is 0 Å². The Balaban J connectivity index is 1.98. The Labute approximate surface area is 141 Å². The first-order valence-electron chi connectivity index (χ1n) is 9.28. The van der Waals surface area contributed by atoms with Gasteiger partial charge >= 0.3 is 5.97 Å². The van der Waals surface area contributed by atoms with E-state index in [1.54, 1.807) is 18.3 Å². The Bertz CT molecular complexity index is 566. The molecule has 0 aromatic heterocycles. The molecule has 0 N–H and O–H groups in total. The summed E-state index contributed by atoms with van der Waals surface area (Å²) in [7, 11) is 1.55. The molecule has 3 aliphatic carbocycles. The summed E-state index contributed by atoms with van der Waals surface area (Å²) in [6, 6.07) is 0. The van der Waals surface area contributed by atoms with E-state index in [0.717, 1.165) is 25.7 Å². The molecule has 3 aliphatic rings. The molecule has 0 aromatic rings. The summed E-state index contributed by atoms with van der Waals surface area (Å²) in [6.45, 7) is 9.09. The van der Waals surface area contributed by atoms with Crippen LogP contribution in [0.2, 0.25) is 0 Å². The molecule has 3 rings (SSSR count). The van der Waals surface area contributed by atoms with Gasteiger partial charge in [-0.05, 0) is 82.1 Å².